The second-order valence-electron chi connectivity index (χ2n) is 5.71. The van der Waals surface area contributed by atoms with Gasteiger partial charge in [-0.05, 0) is 12.1 Å². The Morgan fingerprint density at radius 3 is 2.44 bits per heavy atom. The Morgan fingerprint density at radius 1 is 1.11 bits per heavy atom. The molecule has 27 heavy (non-hydrogen) atoms. The number of carbonyl (C=O) groups is 1. The van der Waals surface area contributed by atoms with Gasteiger partial charge in [0.1, 0.15) is 5.69 Å². The molecule has 1 aromatic heterocycles. The van der Waals surface area contributed by atoms with Gasteiger partial charge >= 0.3 is 6.03 Å². The second-order valence-corrected chi connectivity index (χ2v) is 7.70. The van der Waals surface area contributed by atoms with Crippen LogP contribution >= 0.6 is 0 Å². The summed E-state index contributed by atoms with van der Waals surface area (Å²) in [7, 11) is -3.50. The molecule has 0 bridgehead atoms. The summed E-state index contributed by atoms with van der Waals surface area (Å²) in [6, 6.07) is 14.8. The van der Waals surface area contributed by atoms with Crippen molar-refractivity contribution in [1.29, 1.82) is 0 Å². The molecule has 2 amide bonds. The first-order valence-electron chi connectivity index (χ1n) is 7.92. The van der Waals surface area contributed by atoms with Crippen LogP contribution in [0.15, 0.2) is 63.9 Å². The fourth-order valence-corrected chi connectivity index (χ4v) is 3.47. The number of sulfone groups is 1. The third-order valence-corrected chi connectivity index (χ3v) is 4.91. The molecule has 3 rings (SSSR count). The summed E-state index contributed by atoms with van der Waals surface area (Å²) in [5.74, 6) is 0.444. The summed E-state index contributed by atoms with van der Waals surface area (Å²) in [5.41, 5.74) is 3.01. The van der Waals surface area contributed by atoms with E-state index in [4.69, 9.17) is 9.62 Å². The average molecular weight is 387 g/mol. The highest BCUT2D eigenvalue weighted by atomic mass is 32.2. The SMILES string of the molecule is CS(=O)(=O)c1ccccc1-c1oc(CNC(=O)NO)nc1-c1ccccc1. The molecule has 0 saturated carbocycles. The summed E-state index contributed by atoms with van der Waals surface area (Å²) in [6.45, 7) is -0.0900. The number of benzene rings is 2. The molecule has 1 heterocycles. The standard InChI is InChI=1S/C18H17N3O5S/c1-27(24,25)14-10-6-5-9-13(14)17-16(12-7-3-2-4-8-12)20-15(26-17)11-19-18(22)21-23/h2-10,23H,11H2,1H3,(H2,19,21,22). The number of rotatable bonds is 5. The van der Waals surface area contributed by atoms with E-state index in [-0.39, 0.29) is 23.1 Å². The normalized spacial score (nSPS) is 11.2. The number of oxazole rings is 1. The number of hydrogen-bond donors (Lipinski definition) is 3. The van der Waals surface area contributed by atoms with Crippen LogP contribution in [0.25, 0.3) is 22.6 Å². The minimum absolute atomic E-state index is 0.0900. The van der Waals surface area contributed by atoms with Crippen LogP contribution in [0.2, 0.25) is 0 Å². The zero-order valence-electron chi connectivity index (χ0n) is 14.3. The number of hydroxylamine groups is 1. The van der Waals surface area contributed by atoms with Gasteiger partial charge in [-0.15, -0.1) is 0 Å². The molecule has 9 heteroatoms. The molecule has 0 radical (unpaired) electrons. The molecule has 0 spiro atoms. The highest BCUT2D eigenvalue weighted by Crippen LogP contribution is 2.36. The van der Waals surface area contributed by atoms with Crippen molar-refractivity contribution in [3.8, 4) is 22.6 Å². The van der Waals surface area contributed by atoms with Crippen LogP contribution in [0.5, 0.6) is 0 Å². The van der Waals surface area contributed by atoms with Crippen LogP contribution in [0.3, 0.4) is 0 Å². The smallest absolute Gasteiger partial charge is 0.338 e. The van der Waals surface area contributed by atoms with Crippen molar-refractivity contribution in [2.24, 2.45) is 0 Å². The predicted molar refractivity (Wildman–Crippen MR) is 97.6 cm³/mol. The van der Waals surface area contributed by atoms with E-state index in [0.717, 1.165) is 11.8 Å². The maximum atomic E-state index is 12.2. The van der Waals surface area contributed by atoms with E-state index >= 15 is 0 Å². The largest absolute Gasteiger partial charge is 0.438 e. The van der Waals surface area contributed by atoms with E-state index in [2.05, 4.69) is 10.3 Å². The fraction of sp³-hybridized carbons (Fsp3) is 0.111. The molecule has 0 unspecified atom stereocenters. The van der Waals surface area contributed by atoms with Crippen LogP contribution in [0.1, 0.15) is 5.89 Å². The highest BCUT2D eigenvalue weighted by molar-refractivity contribution is 7.90. The van der Waals surface area contributed by atoms with E-state index in [0.29, 0.717) is 11.3 Å². The van der Waals surface area contributed by atoms with Gasteiger partial charge in [-0.3, -0.25) is 5.21 Å². The van der Waals surface area contributed by atoms with E-state index in [1.165, 1.54) is 11.5 Å². The zero-order valence-corrected chi connectivity index (χ0v) is 15.2. The lowest BCUT2D eigenvalue weighted by molar-refractivity contribution is 0.161. The molecule has 3 N–H and O–H groups in total. The molecular weight excluding hydrogens is 370 g/mol. The van der Waals surface area contributed by atoms with Gasteiger partial charge in [-0.1, -0.05) is 42.5 Å². The lowest BCUT2D eigenvalue weighted by Crippen LogP contribution is -2.32. The fourth-order valence-electron chi connectivity index (χ4n) is 2.59. The van der Waals surface area contributed by atoms with Gasteiger partial charge in [-0.25, -0.2) is 23.7 Å². The minimum atomic E-state index is -3.50. The van der Waals surface area contributed by atoms with Crippen LogP contribution in [0, 0.1) is 0 Å². The van der Waals surface area contributed by atoms with Gasteiger partial charge < -0.3 is 9.73 Å². The number of urea groups is 1. The monoisotopic (exact) mass is 387 g/mol. The van der Waals surface area contributed by atoms with Gasteiger partial charge in [-0.2, -0.15) is 0 Å². The summed E-state index contributed by atoms with van der Waals surface area (Å²) in [5, 5.41) is 10.9. The summed E-state index contributed by atoms with van der Waals surface area (Å²) in [6.07, 6.45) is 1.12. The first-order valence-corrected chi connectivity index (χ1v) is 9.82. The van der Waals surface area contributed by atoms with Crippen LogP contribution in [-0.2, 0) is 16.4 Å². The molecule has 8 nitrogen and oxygen atoms in total. The van der Waals surface area contributed by atoms with Gasteiger partial charge in [0.2, 0.25) is 5.89 Å². The van der Waals surface area contributed by atoms with Crippen molar-refractivity contribution in [3.63, 3.8) is 0 Å². The van der Waals surface area contributed by atoms with E-state index < -0.39 is 15.9 Å². The van der Waals surface area contributed by atoms with Gasteiger partial charge in [0.25, 0.3) is 0 Å². The topological polar surface area (TPSA) is 122 Å². The number of nitrogens with zero attached hydrogens (tertiary/aromatic N) is 1. The summed E-state index contributed by atoms with van der Waals surface area (Å²) in [4.78, 5) is 15.7. The van der Waals surface area contributed by atoms with Crippen molar-refractivity contribution in [1.82, 2.24) is 15.8 Å². The molecule has 0 aliphatic rings. The molecule has 0 saturated heterocycles. The molecule has 2 aromatic carbocycles. The molecular formula is C18H17N3O5S. The van der Waals surface area contributed by atoms with Crippen LogP contribution < -0.4 is 10.8 Å². The Hall–Kier alpha value is -3.17. The summed E-state index contributed by atoms with van der Waals surface area (Å²) >= 11 is 0. The van der Waals surface area contributed by atoms with E-state index in [1.807, 2.05) is 30.3 Å². The number of hydrogen-bond acceptors (Lipinski definition) is 6. The van der Waals surface area contributed by atoms with Crippen molar-refractivity contribution in [2.45, 2.75) is 11.4 Å². The lowest BCUT2D eigenvalue weighted by Gasteiger charge is -2.07. The Bertz CT molecular complexity index is 1060. The second kappa shape index (κ2) is 7.60. The Labute approximate surface area is 155 Å². The van der Waals surface area contributed by atoms with Gasteiger partial charge in [0.15, 0.2) is 15.6 Å². The summed E-state index contributed by atoms with van der Waals surface area (Å²) < 4.78 is 30.1. The van der Waals surface area contributed by atoms with Crippen molar-refractivity contribution < 1.29 is 22.8 Å². The van der Waals surface area contributed by atoms with E-state index in [1.54, 1.807) is 18.2 Å². The molecule has 0 aliphatic heterocycles. The third-order valence-electron chi connectivity index (χ3n) is 3.75. The van der Waals surface area contributed by atoms with Gasteiger partial charge in [0.05, 0.1) is 11.4 Å². The number of nitrogens with one attached hydrogen (secondary N) is 2. The molecule has 3 aromatic rings. The Morgan fingerprint density at radius 2 is 1.78 bits per heavy atom. The molecule has 140 valence electrons. The zero-order chi connectivity index (χ0) is 19.4. The predicted octanol–water partition coefficient (Wildman–Crippen LogP) is 2.60. The first kappa shape index (κ1) is 18.6. The Balaban J connectivity index is 2.14. The maximum Gasteiger partial charge on any atom is 0.338 e. The van der Waals surface area contributed by atoms with Crippen molar-refractivity contribution >= 4 is 15.9 Å². The highest BCUT2D eigenvalue weighted by Gasteiger charge is 2.22. The van der Waals surface area contributed by atoms with Crippen molar-refractivity contribution in [2.75, 3.05) is 6.26 Å². The lowest BCUT2D eigenvalue weighted by atomic mass is 10.1. The van der Waals surface area contributed by atoms with Gasteiger partial charge in [0, 0.05) is 17.4 Å². The molecule has 0 fully saturated rings. The van der Waals surface area contributed by atoms with E-state index in [9.17, 15) is 13.2 Å². The first-order chi connectivity index (χ1) is 12.9. The third kappa shape index (κ3) is 4.15. The Kier molecular flexibility index (Phi) is 5.24. The quantitative estimate of drug-likeness (QED) is 0.457. The number of aromatic nitrogens is 1. The van der Waals surface area contributed by atoms with Crippen LogP contribution in [0.4, 0.5) is 4.79 Å². The minimum Gasteiger partial charge on any atom is -0.438 e. The molecule has 0 atom stereocenters. The van der Waals surface area contributed by atoms with Crippen LogP contribution in [-0.4, -0.2) is 30.9 Å². The maximum absolute atomic E-state index is 12.2. The van der Waals surface area contributed by atoms with Crippen molar-refractivity contribution in [3.05, 3.63) is 60.5 Å². The average Bonchev–Trinajstić information content (AvgIpc) is 3.10. The molecule has 0 aliphatic carbocycles. The number of carbonyl (C=O) groups excluding carboxylic acids is 1. The number of amides is 2.